The van der Waals surface area contributed by atoms with E-state index in [1.54, 1.807) is 13.8 Å². The van der Waals surface area contributed by atoms with Crippen molar-refractivity contribution in [1.29, 1.82) is 0 Å². The van der Waals surface area contributed by atoms with Gasteiger partial charge in [0.05, 0.1) is 11.2 Å². The van der Waals surface area contributed by atoms with Gasteiger partial charge in [0.15, 0.2) is 0 Å². The van der Waals surface area contributed by atoms with Crippen LogP contribution in [-0.4, -0.2) is 23.8 Å². The Hall–Kier alpha value is -2.56. The molecule has 4 rings (SSSR count). The van der Waals surface area contributed by atoms with Gasteiger partial charge in [-0.15, -0.1) is 0 Å². The fourth-order valence-corrected chi connectivity index (χ4v) is 4.28. The Labute approximate surface area is 206 Å². The maximum absolute atomic E-state index is 10.4. The van der Waals surface area contributed by atoms with Crippen molar-refractivity contribution in [3.8, 4) is 0 Å². The van der Waals surface area contributed by atoms with Gasteiger partial charge >= 0.3 is 7.48 Å². The third-order valence-corrected chi connectivity index (χ3v) is 7.23. The average molecular weight is 454 g/mol. The Kier molecular flexibility index (Phi) is 7.49. The number of hydrogen-bond donors (Lipinski definition) is 1. The van der Waals surface area contributed by atoms with E-state index < -0.39 is 11.2 Å². The van der Waals surface area contributed by atoms with Crippen molar-refractivity contribution < 1.29 is 9.76 Å². The number of hydrogen-bond acceptors (Lipinski definition) is 3. The first-order valence-electron chi connectivity index (χ1n) is 12.5. The molecule has 1 aromatic rings. The summed E-state index contributed by atoms with van der Waals surface area (Å²) in [5.74, 6) is 0.468. The summed E-state index contributed by atoms with van der Waals surface area (Å²) in [5, 5.41) is 10.4. The highest BCUT2D eigenvalue weighted by molar-refractivity contribution is 6.38. The molecule has 1 unspecified atom stereocenters. The topological polar surface area (TPSA) is 32.7 Å². The summed E-state index contributed by atoms with van der Waals surface area (Å²) >= 11 is 0. The quantitative estimate of drug-likeness (QED) is 0.431. The highest BCUT2D eigenvalue weighted by Gasteiger charge is 2.36. The standard InChI is InChI=1S/C30H37BNO2/c1-29(2,33)30(3,4)34-31-25-17-21-28(22-18-25)32(26-13-9-6-10-14-26)27-19-15-24(16-20-27)23-11-7-5-8-12-23/h6-7,9-15,17,19-21,24,33H,5,8,16,18,22H2,1-4H3. The molecule has 34 heavy (non-hydrogen) atoms. The predicted molar refractivity (Wildman–Crippen MR) is 143 cm³/mol. The Morgan fingerprint density at radius 1 is 0.971 bits per heavy atom. The van der Waals surface area contributed by atoms with Crippen LogP contribution in [0.3, 0.4) is 0 Å². The molecule has 0 aromatic heterocycles. The summed E-state index contributed by atoms with van der Waals surface area (Å²) in [7, 11) is 1.81. The molecule has 0 amide bonds. The first-order valence-corrected chi connectivity index (χ1v) is 12.5. The molecular weight excluding hydrogens is 417 g/mol. The molecule has 0 aliphatic heterocycles. The number of anilines is 1. The smallest absolute Gasteiger partial charge is 0.326 e. The van der Waals surface area contributed by atoms with E-state index in [0.717, 1.165) is 37.6 Å². The van der Waals surface area contributed by atoms with Crippen LogP contribution in [0.15, 0.2) is 101 Å². The molecule has 177 valence electrons. The van der Waals surface area contributed by atoms with Gasteiger partial charge in [-0.3, -0.25) is 0 Å². The van der Waals surface area contributed by atoms with E-state index in [2.05, 4.69) is 83.8 Å². The molecule has 0 saturated heterocycles. The molecule has 1 aromatic carbocycles. The number of benzene rings is 1. The normalized spacial score (nSPS) is 20.8. The van der Waals surface area contributed by atoms with E-state index in [0.29, 0.717) is 5.92 Å². The summed E-state index contributed by atoms with van der Waals surface area (Å²) in [6.45, 7) is 7.39. The van der Waals surface area contributed by atoms with Gasteiger partial charge in [-0.1, -0.05) is 60.1 Å². The highest BCUT2D eigenvalue weighted by Crippen LogP contribution is 2.35. The third kappa shape index (κ3) is 5.74. The monoisotopic (exact) mass is 454 g/mol. The molecule has 1 atom stereocenters. The lowest BCUT2D eigenvalue weighted by atomic mass is 9.78. The number of aliphatic hydroxyl groups is 1. The predicted octanol–water partition coefficient (Wildman–Crippen LogP) is 6.98. The molecule has 4 heteroatoms. The zero-order valence-electron chi connectivity index (χ0n) is 21.0. The van der Waals surface area contributed by atoms with Gasteiger partial charge in [-0.2, -0.15) is 0 Å². The fourth-order valence-electron chi connectivity index (χ4n) is 4.28. The average Bonchev–Trinajstić information content (AvgIpc) is 2.85. The molecule has 0 spiro atoms. The molecule has 0 saturated carbocycles. The molecule has 3 nitrogen and oxygen atoms in total. The van der Waals surface area contributed by atoms with Crippen LogP contribution in [0.25, 0.3) is 0 Å². The Morgan fingerprint density at radius 3 is 2.35 bits per heavy atom. The fraction of sp³-hybridized carbons (Fsp3) is 0.400. The van der Waals surface area contributed by atoms with E-state index in [1.165, 1.54) is 22.7 Å². The number of nitrogens with zero attached hydrogens (tertiary/aromatic N) is 1. The third-order valence-electron chi connectivity index (χ3n) is 7.23. The Bertz CT molecular complexity index is 1050. The van der Waals surface area contributed by atoms with Gasteiger partial charge in [0.1, 0.15) is 0 Å². The molecule has 3 aliphatic carbocycles. The van der Waals surface area contributed by atoms with Crippen LogP contribution in [0.5, 0.6) is 0 Å². The van der Waals surface area contributed by atoms with Gasteiger partial charge in [-0.05, 0) is 89.7 Å². The van der Waals surface area contributed by atoms with Crippen molar-refractivity contribution in [1.82, 2.24) is 0 Å². The summed E-state index contributed by atoms with van der Waals surface area (Å²) in [6, 6.07) is 10.6. The minimum atomic E-state index is -0.926. The van der Waals surface area contributed by atoms with Crippen LogP contribution < -0.4 is 4.90 Å². The van der Waals surface area contributed by atoms with E-state index in [-0.39, 0.29) is 0 Å². The van der Waals surface area contributed by atoms with Crippen molar-refractivity contribution in [3.05, 3.63) is 101 Å². The maximum Gasteiger partial charge on any atom is 0.326 e. The van der Waals surface area contributed by atoms with Gasteiger partial charge in [-0.25, -0.2) is 0 Å². The SMILES string of the molecule is CC(C)(O)C(C)(C)O[B]C1=CC=C(N(C2=CCC(C3=CCCC=C3)C=C2)c2ccccc2)CC1. The zero-order valence-corrected chi connectivity index (χ0v) is 21.0. The number of para-hydroxylation sites is 1. The largest absolute Gasteiger partial charge is 0.427 e. The van der Waals surface area contributed by atoms with Gasteiger partial charge in [0.25, 0.3) is 0 Å². The molecule has 3 aliphatic rings. The first-order chi connectivity index (χ1) is 16.2. The van der Waals surface area contributed by atoms with Crippen molar-refractivity contribution in [2.24, 2.45) is 5.92 Å². The summed E-state index contributed by atoms with van der Waals surface area (Å²) in [4.78, 5) is 2.38. The molecule has 0 bridgehead atoms. The summed E-state index contributed by atoms with van der Waals surface area (Å²) in [6.07, 6.45) is 23.5. The van der Waals surface area contributed by atoms with Crippen molar-refractivity contribution in [3.63, 3.8) is 0 Å². The summed E-state index contributed by atoms with van der Waals surface area (Å²) in [5.41, 5.74) is 4.68. The molecular formula is C30H37BNO2. The number of allylic oxidation sites excluding steroid dienone is 11. The maximum atomic E-state index is 10.4. The Morgan fingerprint density at radius 2 is 1.76 bits per heavy atom. The zero-order chi connectivity index (χ0) is 24.2. The van der Waals surface area contributed by atoms with Gasteiger partial charge in [0, 0.05) is 23.0 Å². The summed E-state index contributed by atoms with van der Waals surface area (Å²) < 4.78 is 5.98. The minimum Gasteiger partial charge on any atom is -0.427 e. The lowest BCUT2D eigenvalue weighted by Gasteiger charge is -2.38. The van der Waals surface area contributed by atoms with Gasteiger partial charge < -0.3 is 14.7 Å². The van der Waals surface area contributed by atoms with Crippen LogP contribution in [-0.2, 0) is 4.65 Å². The van der Waals surface area contributed by atoms with Crippen LogP contribution >= 0.6 is 0 Å². The first kappa shape index (κ1) is 24.6. The van der Waals surface area contributed by atoms with E-state index >= 15 is 0 Å². The minimum absolute atomic E-state index is 0.468. The van der Waals surface area contributed by atoms with Crippen LogP contribution in [0.2, 0.25) is 0 Å². The Balaban J connectivity index is 1.52. The number of rotatable bonds is 8. The van der Waals surface area contributed by atoms with E-state index in [1.807, 2.05) is 21.3 Å². The van der Waals surface area contributed by atoms with Crippen molar-refractivity contribution in [2.45, 2.75) is 71.0 Å². The second-order valence-electron chi connectivity index (χ2n) is 10.4. The lowest BCUT2D eigenvalue weighted by Crippen LogP contribution is -2.48. The molecule has 0 heterocycles. The second kappa shape index (κ2) is 10.4. The van der Waals surface area contributed by atoms with Crippen LogP contribution in [0.4, 0.5) is 5.69 Å². The molecule has 0 fully saturated rings. The van der Waals surface area contributed by atoms with Crippen LogP contribution in [0, 0.1) is 5.92 Å². The van der Waals surface area contributed by atoms with Crippen molar-refractivity contribution >= 4 is 13.2 Å². The van der Waals surface area contributed by atoms with E-state index in [4.69, 9.17) is 4.65 Å². The van der Waals surface area contributed by atoms with E-state index in [9.17, 15) is 5.11 Å². The lowest BCUT2D eigenvalue weighted by molar-refractivity contribution is -0.0897. The second-order valence-corrected chi connectivity index (χ2v) is 10.4. The van der Waals surface area contributed by atoms with Crippen LogP contribution in [0.1, 0.15) is 59.8 Å². The highest BCUT2D eigenvalue weighted by atomic mass is 16.5. The van der Waals surface area contributed by atoms with Crippen molar-refractivity contribution in [2.75, 3.05) is 4.90 Å². The molecule has 1 N–H and O–H groups in total. The van der Waals surface area contributed by atoms with Gasteiger partial charge in [0.2, 0.25) is 0 Å². The molecule has 1 radical (unpaired) electrons.